The molecule has 0 unspecified atom stereocenters. The van der Waals surface area contributed by atoms with Gasteiger partial charge in [0.1, 0.15) is 0 Å². The minimum absolute atomic E-state index is 0.0268. The van der Waals surface area contributed by atoms with Crippen molar-refractivity contribution in [3.63, 3.8) is 0 Å². The number of thiophene rings is 1. The van der Waals surface area contributed by atoms with Crippen molar-refractivity contribution >= 4 is 38.9 Å². The lowest BCUT2D eigenvalue weighted by atomic mass is 10.1. The van der Waals surface area contributed by atoms with E-state index in [4.69, 9.17) is 5.11 Å². The molecule has 1 heterocycles. The Kier molecular flexibility index (Phi) is 4.74. The van der Waals surface area contributed by atoms with Gasteiger partial charge in [0, 0.05) is 10.6 Å². The summed E-state index contributed by atoms with van der Waals surface area (Å²) in [6, 6.07) is 9.41. The Bertz CT molecular complexity index is 595. The van der Waals surface area contributed by atoms with E-state index in [1.165, 1.54) is 0 Å². The molecule has 1 aromatic heterocycles. The third-order valence-corrected chi connectivity index (χ3v) is 4.35. The number of anilines is 1. The highest BCUT2D eigenvalue weighted by atomic mass is 79.9. The molecule has 100 valence electrons. The van der Waals surface area contributed by atoms with Gasteiger partial charge >= 0.3 is 0 Å². The maximum Gasteiger partial charge on any atom is 0.229 e. The fourth-order valence-electron chi connectivity index (χ4n) is 1.70. The zero-order valence-electron chi connectivity index (χ0n) is 10.4. The molecule has 0 radical (unpaired) electrons. The van der Waals surface area contributed by atoms with Gasteiger partial charge in [0.25, 0.3) is 0 Å². The molecule has 5 heteroatoms. The van der Waals surface area contributed by atoms with Crippen LogP contribution >= 0.6 is 27.3 Å². The number of aliphatic hydroxyl groups excluding tert-OH is 1. The molecule has 0 spiro atoms. The van der Waals surface area contributed by atoms with E-state index in [9.17, 15) is 4.79 Å². The van der Waals surface area contributed by atoms with Crippen molar-refractivity contribution in [1.82, 2.24) is 0 Å². The van der Waals surface area contributed by atoms with Crippen molar-refractivity contribution < 1.29 is 9.90 Å². The average molecular weight is 340 g/mol. The van der Waals surface area contributed by atoms with Crippen molar-refractivity contribution in [3.05, 3.63) is 50.1 Å². The maximum atomic E-state index is 12.0. The number of halogens is 1. The van der Waals surface area contributed by atoms with E-state index < -0.39 is 0 Å². The van der Waals surface area contributed by atoms with E-state index in [0.29, 0.717) is 6.42 Å². The number of benzene rings is 1. The topological polar surface area (TPSA) is 49.3 Å². The molecule has 0 bridgehead atoms. The second-order valence-corrected chi connectivity index (χ2v) is 6.79. The largest absolute Gasteiger partial charge is 0.392 e. The second-order valence-electron chi connectivity index (χ2n) is 4.24. The minimum atomic E-state index is -0.0486. The molecular weight excluding hydrogens is 326 g/mol. The van der Waals surface area contributed by atoms with Gasteiger partial charge in [-0.05, 0) is 52.2 Å². The Hall–Kier alpha value is -1.17. The predicted octanol–water partition coefficient (Wildman–Crippen LogP) is 3.49. The first-order chi connectivity index (χ1) is 9.08. The summed E-state index contributed by atoms with van der Waals surface area (Å²) < 4.78 is 1.02. The van der Waals surface area contributed by atoms with Crippen LogP contribution in [0.15, 0.2) is 34.1 Å². The lowest BCUT2D eigenvalue weighted by Crippen LogP contribution is -2.14. The number of hydrogen-bond acceptors (Lipinski definition) is 3. The van der Waals surface area contributed by atoms with Crippen LogP contribution in [-0.4, -0.2) is 11.0 Å². The first-order valence-electron chi connectivity index (χ1n) is 5.83. The van der Waals surface area contributed by atoms with Crippen LogP contribution in [0, 0.1) is 6.92 Å². The van der Waals surface area contributed by atoms with E-state index in [1.807, 2.05) is 31.2 Å². The summed E-state index contributed by atoms with van der Waals surface area (Å²) in [6.45, 7) is 1.90. The highest BCUT2D eigenvalue weighted by molar-refractivity contribution is 9.11. The van der Waals surface area contributed by atoms with Gasteiger partial charge in [-0.15, -0.1) is 11.3 Å². The van der Waals surface area contributed by atoms with E-state index in [1.54, 1.807) is 17.4 Å². The quantitative estimate of drug-likeness (QED) is 0.895. The molecule has 0 fully saturated rings. The highest BCUT2D eigenvalue weighted by Crippen LogP contribution is 2.23. The van der Waals surface area contributed by atoms with Gasteiger partial charge in [-0.25, -0.2) is 0 Å². The van der Waals surface area contributed by atoms with Crippen LogP contribution in [0.5, 0.6) is 0 Å². The molecule has 2 aromatic rings. The van der Waals surface area contributed by atoms with Crippen molar-refractivity contribution in [3.8, 4) is 0 Å². The predicted molar refractivity (Wildman–Crippen MR) is 81.5 cm³/mol. The van der Waals surface area contributed by atoms with Crippen LogP contribution in [-0.2, 0) is 17.8 Å². The summed E-state index contributed by atoms with van der Waals surface area (Å²) in [7, 11) is 0. The zero-order valence-corrected chi connectivity index (χ0v) is 12.8. The number of aliphatic hydroxyl groups is 1. The minimum Gasteiger partial charge on any atom is -0.392 e. The molecule has 0 aliphatic rings. The number of amides is 1. The lowest BCUT2D eigenvalue weighted by molar-refractivity contribution is -0.115. The van der Waals surface area contributed by atoms with Gasteiger partial charge in [-0.2, -0.15) is 0 Å². The van der Waals surface area contributed by atoms with Crippen LogP contribution in [0.25, 0.3) is 0 Å². The number of hydrogen-bond donors (Lipinski definition) is 2. The van der Waals surface area contributed by atoms with Crippen LogP contribution in [0.4, 0.5) is 5.69 Å². The first kappa shape index (κ1) is 14.2. The number of nitrogens with one attached hydrogen (secondary N) is 1. The molecule has 19 heavy (non-hydrogen) atoms. The fourth-order valence-corrected chi connectivity index (χ4v) is 3.18. The summed E-state index contributed by atoms with van der Waals surface area (Å²) in [5.41, 5.74) is 2.53. The number of rotatable bonds is 4. The SMILES string of the molecule is Cc1ccc(CO)cc1NC(=O)Cc1ccc(Br)s1. The van der Waals surface area contributed by atoms with Gasteiger partial charge < -0.3 is 10.4 Å². The molecule has 0 saturated carbocycles. The van der Waals surface area contributed by atoms with Gasteiger partial charge in [0.05, 0.1) is 16.8 Å². The molecule has 0 saturated heterocycles. The Balaban J connectivity index is 2.06. The molecule has 0 atom stereocenters. The Morgan fingerprint density at radius 1 is 1.37 bits per heavy atom. The molecule has 2 rings (SSSR count). The lowest BCUT2D eigenvalue weighted by Gasteiger charge is -2.09. The van der Waals surface area contributed by atoms with Crippen LogP contribution in [0.3, 0.4) is 0 Å². The van der Waals surface area contributed by atoms with Crippen molar-refractivity contribution in [2.45, 2.75) is 20.0 Å². The molecule has 1 aromatic carbocycles. The van der Waals surface area contributed by atoms with E-state index >= 15 is 0 Å². The van der Waals surface area contributed by atoms with E-state index in [0.717, 1.165) is 25.5 Å². The van der Waals surface area contributed by atoms with Crippen LogP contribution in [0.2, 0.25) is 0 Å². The standard InChI is InChI=1S/C14H14BrNO2S/c1-9-2-3-10(8-17)6-12(9)16-14(18)7-11-4-5-13(15)19-11/h2-6,17H,7-8H2,1H3,(H,16,18). The third-order valence-electron chi connectivity index (χ3n) is 2.72. The summed E-state index contributed by atoms with van der Waals surface area (Å²) in [4.78, 5) is 13.0. The maximum absolute atomic E-state index is 12.0. The van der Waals surface area contributed by atoms with Crippen LogP contribution in [0.1, 0.15) is 16.0 Å². The molecule has 1 amide bonds. The Labute approximate surface area is 124 Å². The Morgan fingerprint density at radius 3 is 2.79 bits per heavy atom. The third kappa shape index (κ3) is 3.89. The summed E-state index contributed by atoms with van der Waals surface area (Å²) >= 11 is 4.93. The normalized spacial score (nSPS) is 10.5. The van der Waals surface area contributed by atoms with Crippen molar-refractivity contribution in [2.24, 2.45) is 0 Å². The number of aryl methyl sites for hydroxylation is 1. The second kappa shape index (κ2) is 6.32. The number of carbonyl (C=O) groups excluding carboxylic acids is 1. The van der Waals surface area contributed by atoms with Gasteiger partial charge in [0.15, 0.2) is 0 Å². The Morgan fingerprint density at radius 2 is 2.16 bits per heavy atom. The van der Waals surface area contributed by atoms with Gasteiger partial charge in [-0.3, -0.25) is 4.79 Å². The fraction of sp³-hybridized carbons (Fsp3) is 0.214. The summed E-state index contributed by atoms with van der Waals surface area (Å²) in [6.07, 6.45) is 0.360. The molecule has 3 nitrogen and oxygen atoms in total. The molecule has 0 aliphatic carbocycles. The summed E-state index contributed by atoms with van der Waals surface area (Å²) in [5, 5.41) is 12.0. The smallest absolute Gasteiger partial charge is 0.229 e. The van der Waals surface area contributed by atoms with E-state index in [-0.39, 0.29) is 12.5 Å². The monoisotopic (exact) mass is 339 g/mol. The van der Waals surface area contributed by atoms with E-state index in [2.05, 4.69) is 21.2 Å². The van der Waals surface area contributed by atoms with Crippen molar-refractivity contribution in [1.29, 1.82) is 0 Å². The first-order valence-corrected chi connectivity index (χ1v) is 7.44. The van der Waals surface area contributed by atoms with Crippen LogP contribution < -0.4 is 5.32 Å². The molecule has 2 N–H and O–H groups in total. The number of carbonyl (C=O) groups is 1. The molecule has 0 aliphatic heterocycles. The van der Waals surface area contributed by atoms with Gasteiger partial charge in [0.2, 0.25) is 5.91 Å². The molecular formula is C14H14BrNO2S. The summed E-state index contributed by atoms with van der Waals surface area (Å²) in [5.74, 6) is -0.0486. The van der Waals surface area contributed by atoms with Gasteiger partial charge in [-0.1, -0.05) is 12.1 Å². The zero-order chi connectivity index (χ0) is 13.8. The highest BCUT2D eigenvalue weighted by Gasteiger charge is 2.08. The van der Waals surface area contributed by atoms with Crippen molar-refractivity contribution in [2.75, 3.05) is 5.32 Å². The average Bonchev–Trinajstić information content (AvgIpc) is 2.77.